The Morgan fingerprint density at radius 1 is 0.974 bits per heavy atom. The summed E-state index contributed by atoms with van der Waals surface area (Å²) < 4.78 is 44.0. The van der Waals surface area contributed by atoms with Crippen LogP contribution in [-0.4, -0.2) is 53.1 Å². The summed E-state index contributed by atoms with van der Waals surface area (Å²) in [5.41, 5.74) is 1.60. The number of rotatable bonds is 1. The SMILES string of the molecule is O=C1c2c(O)c(=O)ccn2N([C@@H]2c3ccccc3C3OCCCC3c3c2ccc(F)c3F)[C@@H]2COCCN12. The van der Waals surface area contributed by atoms with Crippen molar-refractivity contribution in [3.63, 3.8) is 0 Å². The number of amides is 1. The van der Waals surface area contributed by atoms with Gasteiger partial charge in [-0.25, -0.2) is 8.78 Å². The third-order valence-electron chi connectivity index (χ3n) is 8.19. The average molecular weight is 522 g/mol. The van der Waals surface area contributed by atoms with Crippen LogP contribution in [0.25, 0.3) is 0 Å². The topological polar surface area (TPSA) is 84.2 Å². The monoisotopic (exact) mass is 521 g/mol. The van der Waals surface area contributed by atoms with Crippen LogP contribution in [0.5, 0.6) is 5.75 Å². The number of aromatic nitrogens is 1. The molecular formula is C28H25F2N3O5. The van der Waals surface area contributed by atoms with Crippen molar-refractivity contribution in [1.82, 2.24) is 9.58 Å². The Balaban J connectivity index is 1.56. The Labute approximate surface area is 216 Å². The molecule has 2 fully saturated rings. The normalized spacial score (nSPS) is 26.0. The molecule has 7 rings (SSSR count). The molecule has 196 valence electrons. The molecule has 8 nitrogen and oxygen atoms in total. The number of ether oxygens (including phenoxy) is 2. The van der Waals surface area contributed by atoms with E-state index >= 15 is 4.39 Å². The maximum Gasteiger partial charge on any atom is 0.278 e. The van der Waals surface area contributed by atoms with Gasteiger partial charge in [0.05, 0.1) is 25.4 Å². The van der Waals surface area contributed by atoms with E-state index in [9.17, 15) is 19.1 Å². The van der Waals surface area contributed by atoms with Crippen molar-refractivity contribution >= 4 is 5.91 Å². The Kier molecular flexibility index (Phi) is 5.31. The van der Waals surface area contributed by atoms with E-state index in [2.05, 4.69) is 0 Å². The molecule has 0 bridgehead atoms. The van der Waals surface area contributed by atoms with Crippen molar-refractivity contribution in [3.05, 3.63) is 98.5 Å². The number of pyridine rings is 1. The van der Waals surface area contributed by atoms with Gasteiger partial charge in [0.1, 0.15) is 6.17 Å². The number of hydrogen-bond acceptors (Lipinski definition) is 6. The van der Waals surface area contributed by atoms with Gasteiger partial charge in [0, 0.05) is 36.9 Å². The molecule has 4 aliphatic rings. The summed E-state index contributed by atoms with van der Waals surface area (Å²) in [6.07, 6.45) is 1.67. The van der Waals surface area contributed by atoms with E-state index in [1.807, 2.05) is 29.3 Å². The number of fused-ring (bicyclic) bond motifs is 7. The molecule has 2 unspecified atom stereocenters. The summed E-state index contributed by atoms with van der Waals surface area (Å²) in [6.45, 7) is 1.20. The molecule has 1 amide bonds. The van der Waals surface area contributed by atoms with Crippen LogP contribution in [0, 0.1) is 11.6 Å². The van der Waals surface area contributed by atoms with E-state index < -0.39 is 52.9 Å². The fourth-order valence-electron chi connectivity index (χ4n) is 6.58. The van der Waals surface area contributed by atoms with E-state index in [0.717, 1.165) is 17.2 Å². The first kappa shape index (κ1) is 23.4. The van der Waals surface area contributed by atoms with Crippen LogP contribution in [0.15, 0.2) is 53.5 Å². The number of carbonyl (C=O) groups excluding carboxylic acids is 1. The lowest BCUT2D eigenvalue weighted by molar-refractivity contribution is -0.0198. The molecule has 2 aromatic carbocycles. The van der Waals surface area contributed by atoms with E-state index in [0.29, 0.717) is 31.6 Å². The molecule has 10 heteroatoms. The first-order chi connectivity index (χ1) is 18.5. The lowest BCUT2D eigenvalue weighted by Gasteiger charge is -2.51. The number of morpholine rings is 1. The summed E-state index contributed by atoms with van der Waals surface area (Å²) in [6, 6.07) is 10.8. The maximum absolute atomic E-state index is 15.8. The van der Waals surface area contributed by atoms with Gasteiger partial charge in [-0.05, 0) is 35.6 Å². The van der Waals surface area contributed by atoms with Gasteiger partial charge < -0.3 is 19.5 Å². The third kappa shape index (κ3) is 3.19. The highest BCUT2D eigenvalue weighted by atomic mass is 19.2. The molecule has 3 aliphatic heterocycles. The van der Waals surface area contributed by atoms with E-state index in [4.69, 9.17) is 9.47 Å². The van der Waals surface area contributed by atoms with Crippen LogP contribution in [0.4, 0.5) is 8.78 Å². The number of halogens is 2. The highest BCUT2D eigenvalue weighted by molar-refractivity contribution is 5.96. The van der Waals surface area contributed by atoms with Gasteiger partial charge in [0.25, 0.3) is 5.91 Å². The van der Waals surface area contributed by atoms with Crippen molar-refractivity contribution in [3.8, 4) is 5.75 Å². The van der Waals surface area contributed by atoms with Crippen molar-refractivity contribution in [2.24, 2.45) is 0 Å². The largest absolute Gasteiger partial charge is 0.502 e. The Hall–Kier alpha value is -3.76. The van der Waals surface area contributed by atoms with Gasteiger partial charge in [-0.15, -0.1) is 0 Å². The minimum atomic E-state index is -0.934. The van der Waals surface area contributed by atoms with Crippen LogP contribution >= 0.6 is 0 Å². The van der Waals surface area contributed by atoms with Gasteiger partial charge in [-0.2, -0.15) is 0 Å². The molecule has 2 saturated heterocycles. The van der Waals surface area contributed by atoms with Crippen molar-refractivity contribution < 1.29 is 28.2 Å². The zero-order chi connectivity index (χ0) is 26.1. The second-order valence-electron chi connectivity index (χ2n) is 10.1. The van der Waals surface area contributed by atoms with Gasteiger partial charge in [0.2, 0.25) is 5.43 Å². The lowest BCUT2D eigenvalue weighted by Crippen LogP contribution is -2.66. The molecular weight excluding hydrogens is 496 g/mol. The number of aromatic hydroxyl groups is 1. The Morgan fingerprint density at radius 2 is 1.79 bits per heavy atom. The van der Waals surface area contributed by atoms with Crippen LogP contribution in [0.2, 0.25) is 0 Å². The summed E-state index contributed by atoms with van der Waals surface area (Å²) in [7, 11) is 0. The standard InChI is InChI=1S/C28H25F2N3O5/c29-19-8-7-17-22(23(19)30)18-6-3-12-38-27(18)16-5-2-1-4-15(16)24(17)33-21-14-37-13-11-31(21)28(36)25-26(35)20(34)9-10-32(25)33/h1-2,4-5,7-10,18,21,24,27,35H,3,6,11-14H2/t18?,21-,24-,27?/m1/s1. The van der Waals surface area contributed by atoms with Gasteiger partial charge in [-0.3, -0.25) is 19.3 Å². The highest BCUT2D eigenvalue weighted by Crippen LogP contribution is 2.52. The highest BCUT2D eigenvalue weighted by Gasteiger charge is 2.48. The molecule has 0 saturated carbocycles. The van der Waals surface area contributed by atoms with E-state index in [1.165, 1.54) is 16.9 Å². The van der Waals surface area contributed by atoms with Crippen molar-refractivity contribution in [2.45, 2.75) is 37.1 Å². The minimum Gasteiger partial charge on any atom is -0.502 e. The minimum absolute atomic E-state index is 0.152. The first-order valence-corrected chi connectivity index (χ1v) is 12.8. The quantitative estimate of drug-likeness (QED) is 0.529. The van der Waals surface area contributed by atoms with Crippen LogP contribution in [0.1, 0.15) is 63.6 Å². The van der Waals surface area contributed by atoms with Gasteiger partial charge in [0.15, 0.2) is 23.1 Å². The van der Waals surface area contributed by atoms with E-state index in [-0.39, 0.29) is 24.4 Å². The molecule has 3 aromatic rings. The molecule has 4 heterocycles. The molecule has 1 aliphatic carbocycles. The maximum atomic E-state index is 15.8. The molecule has 4 atom stereocenters. The fourth-order valence-corrected chi connectivity index (χ4v) is 6.58. The molecule has 0 radical (unpaired) electrons. The molecule has 1 N–H and O–H groups in total. The number of hydrogen-bond donors (Lipinski definition) is 1. The second-order valence-corrected chi connectivity index (χ2v) is 10.1. The van der Waals surface area contributed by atoms with Gasteiger partial charge >= 0.3 is 0 Å². The van der Waals surface area contributed by atoms with Crippen LogP contribution in [0.3, 0.4) is 0 Å². The zero-order valence-corrected chi connectivity index (χ0v) is 20.3. The Morgan fingerprint density at radius 3 is 2.63 bits per heavy atom. The van der Waals surface area contributed by atoms with Crippen molar-refractivity contribution in [2.75, 3.05) is 31.4 Å². The smallest absolute Gasteiger partial charge is 0.278 e. The summed E-state index contributed by atoms with van der Waals surface area (Å²) in [5.74, 6) is -3.40. The average Bonchev–Trinajstić information content (AvgIpc) is 3.06. The predicted octanol–water partition coefficient (Wildman–Crippen LogP) is 3.32. The number of carbonyl (C=O) groups is 1. The summed E-state index contributed by atoms with van der Waals surface area (Å²) >= 11 is 0. The summed E-state index contributed by atoms with van der Waals surface area (Å²) in [5, 5.41) is 12.6. The first-order valence-electron chi connectivity index (χ1n) is 12.8. The molecule has 1 aromatic heterocycles. The van der Waals surface area contributed by atoms with Crippen LogP contribution in [-0.2, 0) is 9.47 Å². The molecule has 0 spiro atoms. The Bertz CT molecular complexity index is 1520. The van der Waals surface area contributed by atoms with Crippen LogP contribution < -0.4 is 10.4 Å². The molecule has 38 heavy (non-hydrogen) atoms. The zero-order valence-electron chi connectivity index (χ0n) is 20.3. The summed E-state index contributed by atoms with van der Waals surface area (Å²) in [4.78, 5) is 27.5. The lowest BCUT2D eigenvalue weighted by atomic mass is 9.83. The van der Waals surface area contributed by atoms with Crippen molar-refractivity contribution in [1.29, 1.82) is 0 Å². The third-order valence-corrected chi connectivity index (χ3v) is 8.19. The number of benzene rings is 2. The second kappa shape index (κ2) is 8.64. The number of nitrogens with zero attached hydrogens (tertiary/aromatic N) is 3. The fraction of sp³-hybridized carbons (Fsp3) is 0.357. The predicted molar refractivity (Wildman–Crippen MR) is 132 cm³/mol. The van der Waals surface area contributed by atoms with E-state index in [1.54, 1.807) is 11.0 Å². The van der Waals surface area contributed by atoms with Gasteiger partial charge in [-0.1, -0.05) is 30.3 Å².